The molecule has 1 saturated heterocycles. The summed E-state index contributed by atoms with van der Waals surface area (Å²) in [5, 5.41) is 11.6. The lowest BCUT2D eigenvalue weighted by atomic mass is 10.1. The predicted octanol–water partition coefficient (Wildman–Crippen LogP) is 2.50. The molecule has 0 bridgehead atoms. The fraction of sp³-hybridized carbons (Fsp3) is 0.353. The lowest BCUT2D eigenvalue weighted by Crippen LogP contribution is -2.47. The van der Waals surface area contributed by atoms with Crippen LogP contribution < -0.4 is 10.5 Å². The van der Waals surface area contributed by atoms with Gasteiger partial charge in [0.2, 0.25) is 0 Å². The Balaban J connectivity index is 1.67. The molecule has 2 heterocycles. The number of rotatable bonds is 4. The molecule has 0 saturated carbocycles. The summed E-state index contributed by atoms with van der Waals surface area (Å²) in [7, 11) is 0. The van der Waals surface area contributed by atoms with E-state index in [0.717, 1.165) is 31.9 Å². The fourth-order valence-electron chi connectivity index (χ4n) is 3.01. The maximum absolute atomic E-state index is 11.9. The van der Waals surface area contributed by atoms with Gasteiger partial charge < -0.3 is 4.90 Å². The van der Waals surface area contributed by atoms with Gasteiger partial charge in [-0.25, -0.2) is 0 Å². The van der Waals surface area contributed by atoms with Gasteiger partial charge in [0.25, 0.3) is 11.2 Å². The molecule has 1 aromatic heterocycles. The number of anilines is 1. The number of benzene rings is 1. The van der Waals surface area contributed by atoms with Crippen molar-refractivity contribution in [2.75, 3.05) is 31.1 Å². The first-order valence-corrected chi connectivity index (χ1v) is 8.40. The number of halogens is 1. The maximum atomic E-state index is 11.9. The fourth-order valence-corrected chi connectivity index (χ4v) is 3.17. The molecule has 1 fully saturated rings. The van der Waals surface area contributed by atoms with Crippen molar-refractivity contribution in [1.82, 2.24) is 9.47 Å². The van der Waals surface area contributed by atoms with Crippen molar-refractivity contribution in [1.29, 1.82) is 0 Å². The molecular formula is C17H19ClN4O3. The molecule has 0 N–H and O–H groups in total. The molecule has 8 heteroatoms. The van der Waals surface area contributed by atoms with Gasteiger partial charge in [0.1, 0.15) is 0 Å². The summed E-state index contributed by atoms with van der Waals surface area (Å²) in [6.07, 6.45) is 1.30. The maximum Gasteiger partial charge on any atom is 0.285 e. The number of piperazine rings is 1. The number of hydrogen-bond donors (Lipinski definition) is 0. The second-order valence-electron chi connectivity index (χ2n) is 6.13. The molecule has 0 aliphatic carbocycles. The van der Waals surface area contributed by atoms with Gasteiger partial charge in [-0.1, -0.05) is 17.7 Å². The van der Waals surface area contributed by atoms with E-state index in [1.807, 2.05) is 18.2 Å². The molecule has 2 aromatic rings. The van der Waals surface area contributed by atoms with Gasteiger partial charge in [-0.15, -0.1) is 0 Å². The van der Waals surface area contributed by atoms with Crippen molar-refractivity contribution < 1.29 is 4.92 Å². The minimum absolute atomic E-state index is 0.0761. The van der Waals surface area contributed by atoms with Crippen LogP contribution in [0.5, 0.6) is 0 Å². The van der Waals surface area contributed by atoms with Crippen LogP contribution in [0.15, 0.2) is 41.3 Å². The Bertz CT molecular complexity index is 844. The van der Waals surface area contributed by atoms with Crippen LogP contribution in [0.25, 0.3) is 0 Å². The van der Waals surface area contributed by atoms with Gasteiger partial charge in [-0.2, -0.15) is 0 Å². The van der Waals surface area contributed by atoms with Crippen molar-refractivity contribution in [2.24, 2.45) is 0 Å². The summed E-state index contributed by atoms with van der Waals surface area (Å²) in [5.74, 6) is 0. The van der Waals surface area contributed by atoms with E-state index >= 15 is 0 Å². The first-order chi connectivity index (χ1) is 11.9. The third kappa shape index (κ3) is 4.00. The molecule has 0 radical (unpaired) electrons. The highest BCUT2D eigenvalue weighted by molar-refractivity contribution is 6.30. The highest BCUT2D eigenvalue weighted by Gasteiger charge is 2.19. The number of hydrogen-bond acceptors (Lipinski definition) is 5. The van der Waals surface area contributed by atoms with E-state index in [-0.39, 0.29) is 11.2 Å². The van der Waals surface area contributed by atoms with Crippen LogP contribution in [-0.4, -0.2) is 40.6 Å². The molecule has 0 atom stereocenters. The molecule has 1 aliphatic rings. The van der Waals surface area contributed by atoms with Crippen LogP contribution in [0.1, 0.15) is 5.56 Å². The second-order valence-corrected chi connectivity index (χ2v) is 6.57. The SMILES string of the molecule is Cc1ccc(Cl)cc1N1CCN(Cn2cc([N+](=O)[O-])ccc2=O)CC1. The molecule has 3 rings (SSSR count). The van der Waals surface area contributed by atoms with E-state index in [9.17, 15) is 14.9 Å². The molecule has 132 valence electrons. The van der Waals surface area contributed by atoms with E-state index in [0.29, 0.717) is 11.7 Å². The quantitative estimate of drug-likeness (QED) is 0.617. The topological polar surface area (TPSA) is 71.6 Å². The van der Waals surface area contributed by atoms with Gasteiger partial charge in [0, 0.05) is 49.0 Å². The summed E-state index contributed by atoms with van der Waals surface area (Å²) in [4.78, 5) is 26.7. The molecule has 0 amide bonds. The zero-order valence-corrected chi connectivity index (χ0v) is 14.6. The number of pyridine rings is 1. The number of nitrogens with zero attached hydrogens (tertiary/aromatic N) is 4. The summed E-state index contributed by atoms with van der Waals surface area (Å²) < 4.78 is 1.39. The van der Waals surface area contributed by atoms with Gasteiger partial charge in [-0.05, 0) is 24.6 Å². The zero-order valence-electron chi connectivity index (χ0n) is 13.9. The predicted molar refractivity (Wildman–Crippen MR) is 97.3 cm³/mol. The summed E-state index contributed by atoms with van der Waals surface area (Å²) >= 11 is 6.10. The Morgan fingerprint density at radius 1 is 1.16 bits per heavy atom. The standard InChI is InChI=1S/C17H19ClN4O3/c1-13-2-3-14(18)10-16(13)20-8-6-19(7-9-20)12-21-11-15(22(24)25)4-5-17(21)23/h2-5,10-11H,6-9,12H2,1H3. The van der Waals surface area contributed by atoms with Gasteiger partial charge in [-0.3, -0.25) is 24.4 Å². The van der Waals surface area contributed by atoms with Crippen LogP contribution in [0.3, 0.4) is 0 Å². The van der Waals surface area contributed by atoms with E-state index < -0.39 is 4.92 Å². The average molecular weight is 363 g/mol. The third-order valence-electron chi connectivity index (χ3n) is 4.42. The number of nitro groups is 1. The molecule has 0 unspecified atom stereocenters. The first-order valence-electron chi connectivity index (χ1n) is 8.02. The summed E-state index contributed by atoms with van der Waals surface area (Å²) in [6, 6.07) is 8.33. The van der Waals surface area contributed by atoms with Crippen molar-refractivity contribution in [3.63, 3.8) is 0 Å². The zero-order chi connectivity index (χ0) is 18.0. The normalized spacial score (nSPS) is 15.4. The molecule has 7 nitrogen and oxygen atoms in total. The number of aryl methyl sites for hydroxylation is 1. The number of aromatic nitrogens is 1. The summed E-state index contributed by atoms with van der Waals surface area (Å²) in [5.41, 5.74) is 1.99. The van der Waals surface area contributed by atoms with Gasteiger partial charge in [0.05, 0.1) is 17.8 Å². The smallest absolute Gasteiger partial charge is 0.285 e. The lowest BCUT2D eigenvalue weighted by molar-refractivity contribution is -0.385. The second kappa shape index (κ2) is 7.25. The lowest BCUT2D eigenvalue weighted by Gasteiger charge is -2.37. The minimum Gasteiger partial charge on any atom is -0.369 e. The van der Waals surface area contributed by atoms with Crippen LogP contribution in [-0.2, 0) is 6.67 Å². The van der Waals surface area contributed by atoms with Crippen molar-refractivity contribution in [3.05, 3.63) is 67.6 Å². The molecule has 1 aliphatic heterocycles. The van der Waals surface area contributed by atoms with E-state index in [4.69, 9.17) is 11.6 Å². The minimum atomic E-state index is -0.490. The monoisotopic (exact) mass is 362 g/mol. The van der Waals surface area contributed by atoms with Crippen LogP contribution in [0.2, 0.25) is 5.02 Å². The Morgan fingerprint density at radius 3 is 2.56 bits per heavy atom. The average Bonchev–Trinajstić information content (AvgIpc) is 2.59. The Kier molecular flexibility index (Phi) is 5.06. The molecular weight excluding hydrogens is 344 g/mol. The summed E-state index contributed by atoms with van der Waals surface area (Å²) in [6.45, 7) is 5.56. The first kappa shape index (κ1) is 17.4. The van der Waals surface area contributed by atoms with E-state index in [1.165, 1.54) is 28.5 Å². The van der Waals surface area contributed by atoms with Crippen molar-refractivity contribution >= 4 is 23.0 Å². The highest BCUT2D eigenvalue weighted by atomic mass is 35.5. The highest BCUT2D eigenvalue weighted by Crippen LogP contribution is 2.25. The van der Waals surface area contributed by atoms with Crippen LogP contribution >= 0.6 is 11.6 Å². The van der Waals surface area contributed by atoms with Crippen LogP contribution in [0.4, 0.5) is 11.4 Å². The van der Waals surface area contributed by atoms with Gasteiger partial charge >= 0.3 is 0 Å². The van der Waals surface area contributed by atoms with Crippen molar-refractivity contribution in [2.45, 2.75) is 13.6 Å². The van der Waals surface area contributed by atoms with E-state index in [2.05, 4.69) is 16.7 Å². The van der Waals surface area contributed by atoms with Crippen LogP contribution in [0, 0.1) is 17.0 Å². The molecule has 1 aromatic carbocycles. The Morgan fingerprint density at radius 2 is 1.88 bits per heavy atom. The largest absolute Gasteiger partial charge is 0.369 e. The third-order valence-corrected chi connectivity index (χ3v) is 4.65. The molecule has 0 spiro atoms. The van der Waals surface area contributed by atoms with E-state index in [1.54, 1.807) is 0 Å². The molecule has 25 heavy (non-hydrogen) atoms. The van der Waals surface area contributed by atoms with Gasteiger partial charge in [0.15, 0.2) is 0 Å². The van der Waals surface area contributed by atoms with Crippen molar-refractivity contribution in [3.8, 4) is 0 Å². The Hall–Kier alpha value is -2.38. The Labute approximate surface area is 150 Å².